The van der Waals surface area contributed by atoms with E-state index in [0.717, 1.165) is 83.5 Å². The minimum Gasteiger partial charge on any atom is -0.456 e. The van der Waals surface area contributed by atoms with Gasteiger partial charge in [-0.3, -0.25) is 18.6 Å². The van der Waals surface area contributed by atoms with Crippen LogP contribution in [0.4, 0.5) is 0 Å². The molecule has 0 bridgehead atoms. The first kappa shape index (κ1) is 76.0. The van der Waals surface area contributed by atoms with Crippen LogP contribution in [0, 0.1) is 0 Å². The monoisotopic (exact) mass is 1120 g/mol. The summed E-state index contributed by atoms with van der Waals surface area (Å²) in [6, 6.07) is -0.850. The van der Waals surface area contributed by atoms with Gasteiger partial charge in [0.05, 0.1) is 33.8 Å². The molecule has 0 rings (SSSR count). The highest BCUT2D eigenvalue weighted by Gasteiger charge is 2.30. The Balaban J connectivity index is 5.07. The number of carbonyl (C=O) groups is 2. The van der Waals surface area contributed by atoms with Gasteiger partial charge in [-0.15, -0.1) is 0 Å². The third kappa shape index (κ3) is 58.6. The van der Waals surface area contributed by atoms with Crippen molar-refractivity contribution in [1.29, 1.82) is 0 Å². The highest BCUT2D eigenvalue weighted by atomic mass is 31.2. The molecular weight excluding hydrogens is 988 g/mol. The lowest BCUT2D eigenvalue weighted by Gasteiger charge is -2.27. The Labute approximate surface area is 484 Å². The molecule has 0 aliphatic carbocycles. The summed E-state index contributed by atoms with van der Waals surface area (Å²) in [7, 11) is 1.50. The molecule has 0 fully saturated rings. The second kappa shape index (κ2) is 58.2. The number of allylic oxidation sites excluding steroid dienone is 7. The smallest absolute Gasteiger partial charge is 0.456 e. The van der Waals surface area contributed by atoms with Gasteiger partial charge in [-0.25, -0.2) is 4.57 Å². The zero-order chi connectivity index (χ0) is 57.2. The number of rotatable bonds is 61. The fourth-order valence-electron chi connectivity index (χ4n) is 9.86. The Kier molecular flexibility index (Phi) is 56.7. The fourth-order valence-corrected chi connectivity index (χ4v) is 10.6. The summed E-state index contributed by atoms with van der Waals surface area (Å²) in [6.45, 7) is 6.94. The predicted octanol–water partition coefficient (Wildman–Crippen LogP) is 20.8. The van der Waals surface area contributed by atoms with Crippen molar-refractivity contribution in [2.45, 2.75) is 335 Å². The van der Waals surface area contributed by atoms with Gasteiger partial charge < -0.3 is 19.4 Å². The van der Waals surface area contributed by atoms with E-state index in [1.165, 1.54) is 205 Å². The van der Waals surface area contributed by atoms with Crippen LogP contribution in [0.15, 0.2) is 48.6 Å². The lowest BCUT2D eigenvalue weighted by molar-refractivity contribution is -0.870. The standard InChI is InChI=1S/C68H129N2O7P/c1-7-10-13-16-19-22-25-28-30-31-32-33-34-35-36-37-38-39-40-42-45-48-51-54-57-60-67(71)69-65(64-76-78(73,74)75-63-62-70(4,5)6)66(59-56-53-50-47-44-41-27-24-21-18-15-12-9-3)77-68(72)61-58-55-52-49-46-43-29-26-23-20-17-14-11-8-2/h11,14,20,23,28,30,56,59,65-66H,7-10,12-13,15-19,21-22,24-27,29,31-55,57-58,60-64H2,1-6H3,(H-,69,71,73,74)/p+1/b14-11+,23-20+,30-28+,59-56-. The molecule has 10 heteroatoms. The van der Waals surface area contributed by atoms with Gasteiger partial charge in [0, 0.05) is 12.8 Å². The number of hydrogen-bond donors (Lipinski definition) is 2. The van der Waals surface area contributed by atoms with Gasteiger partial charge in [0.25, 0.3) is 0 Å². The minimum absolute atomic E-state index is 0.0400. The third-order valence-corrected chi connectivity index (χ3v) is 16.0. The van der Waals surface area contributed by atoms with Crippen LogP contribution in [0.5, 0.6) is 0 Å². The lowest BCUT2D eigenvalue weighted by Crippen LogP contribution is -2.47. The highest BCUT2D eigenvalue weighted by molar-refractivity contribution is 7.47. The predicted molar refractivity (Wildman–Crippen MR) is 337 cm³/mol. The van der Waals surface area contributed by atoms with E-state index in [9.17, 15) is 19.0 Å². The number of carbonyl (C=O) groups excluding carboxylic acids is 2. The Hall–Kier alpha value is -2.03. The Morgan fingerprint density at radius 3 is 1.23 bits per heavy atom. The molecule has 0 aromatic rings. The summed E-state index contributed by atoms with van der Waals surface area (Å²) < 4.78 is 30.8. The van der Waals surface area contributed by atoms with Crippen molar-refractivity contribution >= 4 is 19.7 Å². The first-order valence-electron chi connectivity index (χ1n) is 33.5. The topological polar surface area (TPSA) is 111 Å². The Bertz CT molecular complexity index is 1470. The van der Waals surface area contributed by atoms with Crippen LogP contribution >= 0.6 is 7.82 Å². The second-order valence-electron chi connectivity index (χ2n) is 24.0. The van der Waals surface area contributed by atoms with Crippen molar-refractivity contribution in [3.8, 4) is 0 Å². The maximum atomic E-state index is 13.6. The van der Waals surface area contributed by atoms with E-state index in [4.69, 9.17) is 13.8 Å². The molecule has 0 aromatic heterocycles. The summed E-state index contributed by atoms with van der Waals surface area (Å²) in [4.78, 5) is 37.8. The normalized spacial score (nSPS) is 13.9. The molecule has 0 aromatic carbocycles. The van der Waals surface area contributed by atoms with Crippen LogP contribution in [0.1, 0.15) is 323 Å². The number of likely N-dealkylation sites (N-methyl/N-ethyl adjacent to an activating group) is 1. The molecule has 3 atom stereocenters. The number of nitrogens with zero attached hydrogens (tertiary/aromatic N) is 1. The average molecular weight is 1120 g/mol. The highest BCUT2D eigenvalue weighted by Crippen LogP contribution is 2.43. The van der Waals surface area contributed by atoms with Crippen molar-refractivity contribution < 1.29 is 37.3 Å². The van der Waals surface area contributed by atoms with Gasteiger partial charge in [0.15, 0.2) is 0 Å². The first-order chi connectivity index (χ1) is 37.9. The minimum atomic E-state index is -4.45. The number of phosphoric acid groups is 1. The number of amides is 1. The van der Waals surface area contributed by atoms with Crippen LogP contribution in [0.3, 0.4) is 0 Å². The summed E-state index contributed by atoms with van der Waals surface area (Å²) in [5.41, 5.74) is 0. The second-order valence-corrected chi connectivity index (χ2v) is 25.4. The molecule has 78 heavy (non-hydrogen) atoms. The van der Waals surface area contributed by atoms with Gasteiger partial charge in [0.2, 0.25) is 5.91 Å². The zero-order valence-corrected chi connectivity index (χ0v) is 53.3. The molecule has 0 saturated carbocycles. The maximum absolute atomic E-state index is 13.6. The summed E-state index contributed by atoms with van der Waals surface area (Å²) >= 11 is 0. The number of unbranched alkanes of at least 4 members (excludes halogenated alkanes) is 39. The van der Waals surface area contributed by atoms with Crippen molar-refractivity contribution in [3.63, 3.8) is 0 Å². The van der Waals surface area contributed by atoms with Gasteiger partial charge in [-0.1, -0.05) is 275 Å². The molecule has 458 valence electrons. The fraction of sp³-hybridized carbons (Fsp3) is 0.853. The molecule has 0 saturated heterocycles. The van der Waals surface area contributed by atoms with Gasteiger partial charge >= 0.3 is 13.8 Å². The first-order valence-corrected chi connectivity index (χ1v) is 35.0. The van der Waals surface area contributed by atoms with Crippen molar-refractivity contribution in [2.24, 2.45) is 0 Å². The summed E-state index contributed by atoms with van der Waals surface area (Å²) in [5.74, 6) is -0.502. The molecule has 1 amide bonds. The Morgan fingerprint density at radius 2 is 0.821 bits per heavy atom. The van der Waals surface area contributed by atoms with E-state index < -0.39 is 20.0 Å². The molecule has 0 aliphatic rings. The summed E-state index contributed by atoms with van der Waals surface area (Å²) in [6.07, 6.45) is 72.6. The van der Waals surface area contributed by atoms with Gasteiger partial charge in [-0.2, -0.15) is 0 Å². The van der Waals surface area contributed by atoms with Gasteiger partial charge in [0.1, 0.15) is 19.3 Å². The Morgan fingerprint density at radius 1 is 0.462 bits per heavy atom. The molecule has 0 radical (unpaired) electrons. The van der Waals surface area contributed by atoms with E-state index >= 15 is 0 Å². The summed E-state index contributed by atoms with van der Waals surface area (Å²) in [5, 5.41) is 3.07. The molecule has 2 N–H and O–H groups in total. The molecule has 9 nitrogen and oxygen atoms in total. The van der Waals surface area contributed by atoms with Crippen LogP contribution in [-0.4, -0.2) is 74.3 Å². The lowest BCUT2D eigenvalue weighted by atomic mass is 10.0. The average Bonchev–Trinajstić information content (AvgIpc) is 3.40. The quantitative estimate of drug-likeness (QED) is 0.0205. The zero-order valence-electron chi connectivity index (χ0n) is 52.4. The van der Waals surface area contributed by atoms with Crippen LogP contribution < -0.4 is 5.32 Å². The van der Waals surface area contributed by atoms with Crippen LogP contribution in [-0.2, 0) is 27.9 Å². The van der Waals surface area contributed by atoms with Crippen LogP contribution in [0.25, 0.3) is 0 Å². The van der Waals surface area contributed by atoms with E-state index in [1.54, 1.807) is 0 Å². The van der Waals surface area contributed by atoms with Crippen LogP contribution in [0.2, 0.25) is 0 Å². The molecular formula is C68H130N2O7P+. The van der Waals surface area contributed by atoms with Gasteiger partial charge in [-0.05, 0) is 83.1 Å². The number of nitrogens with one attached hydrogen (secondary N) is 1. The van der Waals surface area contributed by atoms with Crippen molar-refractivity contribution in [3.05, 3.63) is 48.6 Å². The third-order valence-electron chi connectivity index (χ3n) is 15.0. The number of ether oxygens (including phenoxy) is 1. The van der Waals surface area contributed by atoms with E-state index in [-0.39, 0.29) is 31.5 Å². The molecule has 3 unspecified atom stereocenters. The molecule has 0 aliphatic heterocycles. The molecule has 0 spiro atoms. The SMILES string of the molecule is CC/C=C/C/C=C/CCCCCCCCCC(=O)OC(/C=C\CCCCCCCCCCCCC)C(COP(=O)(O)OCC[N+](C)(C)C)NC(=O)CCCCCCCCCCCCCCCCC/C=C/CCCCCCCC. The maximum Gasteiger partial charge on any atom is 0.472 e. The largest absolute Gasteiger partial charge is 0.472 e. The van der Waals surface area contributed by atoms with E-state index in [0.29, 0.717) is 17.4 Å². The number of hydrogen-bond acceptors (Lipinski definition) is 6. The molecule has 0 heterocycles. The number of quaternary nitrogens is 1. The van der Waals surface area contributed by atoms with Crippen molar-refractivity contribution in [1.82, 2.24) is 5.32 Å². The van der Waals surface area contributed by atoms with E-state index in [1.807, 2.05) is 33.3 Å². The number of esters is 1. The van der Waals surface area contributed by atoms with Crippen molar-refractivity contribution in [2.75, 3.05) is 40.9 Å². The van der Waals surface area contributed by atoms with E-state index in [2.05, 4.69) is 62.5 Å². The number of phosphoric ester groups is 1.